The fourth-order valence-corrected chi connectivity index (χ4v) is 2.01. The summed E-state index contributed by atoms with van der Waals surface area (Å²) in [6.07, 6.45) is 0.906. The molecule has 0 aliphatic carbocycles. The van der Waals surface area contributed by atoms with Gasteiger partial charge in [-0.2, -0.15) is 0 Å². The molecule has 3 heteroatoms. The highest BCUT2D eigenvalue weighted by molar-refractivity contribution is 5.29. The molecule has 0 fully saturated rings. The van der Waals surface area contributed by atoms with Gasteiger partial charge in [-0.25, -0.2) is 0 Å². The molecule has 0 aliphatic heterocycles. The second-order valence-electron chi connectivity index (χ2n) is 6.73. The number of rotatable bonds is 8. The zero-order chi connectivity index (χ0) is 15.2. The summed E-state index contributed by atoms with van der Waals surface area (Å²) in [6.45, 7) is 15.8. The summed E-state index contributed by atoms with van der Waals surface area (Å²) in [4.78, 5) is 4.54. The molecule has 20 heavy (non-hydrogen) atoms. The third-order valence-electron chi connectivity index (χ3n) is 3.18. The molecule has 0 saturated carbocycles. The number of hydrogen-bond donors (Lipinski definition) is 1. The van der Waals surface area contributed by atoms with E-state index in [1.54, 1.807) is 0 Å². The van der Waals surface area contributed by atoms with Gasteiger partial charge in [0.2, 0.25) is 0 Å². The molecule has 0 radical (unpaired) electrons. The van der Waals surface area contributed by atoms with Gasteiger partial charge in [0.1, 0.15) is 5.75 Å². The highest BCUT2D eigenvalue weighted by atomic mass is 16.5. The summed E-state index contributed by atoms with van der Waals surface area (Å²) in [7, 11) is 0. The van der Waals surface area contributed by atoms with Gasteiger partial charge in [-0.1, -0.05) is 34.6 Å². The van der Waals surface area contributed by atoms with Crippen LogP contribution in [0.25, 0.3) is 0 Å². The number of hydrogen-bond acceptors (Lipinski definition) is 3. The fraction of sp³-hybridized carbons (Fsp3) is 0.706. The Morgan fingerprint density at radius 1 is 1.30 bits per heavy atom. The lowest BCUT2D eigenvalue weighted by Gasteiger charge is -2.26. The maximum Gasteiger partial charge on any atom is 0.140 e. The lowest BCUT2D eigenvalue weighted by Crippen LogP contribution is -2.36. The van der Waals surface area contributed by atoms with E-state index in [0.717, 1.165) is 36.6 Å². The number of nitrogens with zero attached hydrogens (tertiary/aromatic N) is 1. The number of aromatic nitrogens is 1. The molecule has 0 aliphatic rings. The number of aryl methyl sites for hydroxylation is 2. The highest BCUT2D eigenvalue weighted by Crippen LogP contribution is 2.21. The van der Waals surface area contributed by atoms with Gasteiger partial charge in [0.15, 0.2) is 0 Å². The Morgan fingerprint density at radius 3 is 2.60 bits per heavy atom. The minimum atomic E-state index is 0.116. The number of pyridine rings is 1. The van der Waals surface area contributed by atoms with E-state index in [9.17, 15) is 0 Å². The zero-order valence-corrected chi connectivity index (χ0v) is 13.9. The zero-order valence-electron chi connectivity index (χ0n) is 13.9. The van der Waals surface area contributed by atoms with Crippen molar-refractivity contribution in [3.63, 3.8) is 0 Å². The number of ether oxygens (including phenoxy) is 1. The third-order valence-corrected chi connectivity index (χ3v) is 3.18. The van der Waals surface area contributed by atoms with E-state index in [0.29, 0.717) is 12.5 Å². The summed E-state index contributed by atoms with van der Waals surface area (Å²) in [6, 6.07) is 4.05. The van der Waals surface area contributed by atoms with Crippen LogP contribution in [0.3, 0.4) is 0 Å². The molecule has 114 valence electrons. The lowest BCUT2D eigenvalue weighted by atomic mass is 9.94. The lowest BCUT2D eigenvalue weighted by molar-refractivity contribution is 0.173. The minimum absolute atomic E-state index is 0.116. The third kappa shape index (κ3) is 5.91. The first-order valence-electron chi connectivity index (χ1n) is 7.64. The maximum atomic E-state index is 6.00. The van der Waals surface area contributed by atoms with Crippen LogP contribution >= 0.6 is 0 Å². The van der Waals surface area contributed by atoms with Gasteiger partial charge in [-0.3, -0.25) is 4.98 Å². The second-order valence-corrected chi connectivity index (χ2v) is 6.73. The van der Waals surface area contributed by atoms with E-state index >= 15 is 0 Å². The van der Waals surface area contributed by atoms with E-state index in [2.05, 4.69) is 44.9 Å². The summed E-state index contributed by atoms with van der Waals surface area (Å²) in [5.74, 6) is 1.61. The predicted molar refractivity (Wildman–Crippen MR) is 85.3 cm³/mol. The molecule has 1 aromatic rings. The Bertz CT molecular complexity index is 413. The fourth-order valence-electron chi connectivity index (χ4n) is 2.01. The molecule has 1 rings (SSSR count). The molecule has 0 aromatic carbocycles. The van der Waals surface area contributed by atoms with Crippen molar-refractivity contribution in [3.05, 3.63) is 23.5 Å². The van der Waals surface area contributed by atoms with Crippen LogP contribution in [-0.4, -0.2) is 24.7 Å². The highest BCUT2D eigenvalue weighted by Gasteiger charge is 2.19. The average molecular weight is 278 g/mol. The summed E-state index contributed by atoms with van der Waals surface area (Å²) < 4.78 is 6.00. The first kappa shape index (κ1) is 17.0. The van der Waals surface area contributed by atoms with Crippen molar-refractivity contribution < 1.29 is 4.74 Å². The van der Waals surface area contributed by atoms with Crippen LogP contribution in [0, 0.1) is 18.3 Å². The Labute approximate surface area is 124 Å². The standard InChI is InChI=1S/C17H30N2O/c1-7-15-16(9-8-14(4)19-15)20-12-17(5,6)11-18-10-13(2)3/h8-9,13,18H,7,10-12H2,1-6H3. The summed E-state index contributed by atoms with van der Waals surface area (Å²) in [5.41, 5.74) is 2.22. The molecule has 0 unspecified atom stereocenters. The van der Waals surface area contributed by atoms with Gasteiger partial charge >= 0.3 is 0 Å². The van der Waals surface area contributed by atoms with Gasteiger partial charge in [0, 0.05) is 17.7 Å². The van der Waals surface area contributed by atoms with E-state index in [4.69, 9.17) is 4.74 Å². The van der Waals surface area contributed by atoms with Crippen molar-refractivity contribution in [2.45, 2.75) is 48.0 Å². The van der Waals surface area contributed by atoms with Crippen LogP contribution < -0.4 is 10.1 Å². The SMILES string of the molecule is CCc1nc(C)ccc1OCC(C)(C)CNCC(C)C. The van der Waals surface area contributed by atoms with Gasteiger partial charge in [0.05, 0.1) is 12.3 Å². The molecule has 0 saturated heterocycles. The van der Waals surface area contributed by atoms with E-state index in [-0.39, 0.29) is 5.41 Å². The monoisotopic (exact) mass is 278 g/mol. The molecule has 0 spiro atoms. The smallest absolute Gasteiger partial charge is 0.140 e. The predicted octanol–water partition coefficient (Wildman–Crippen LogP) is 3.60. The Hall–Kier alpha value is -1.09. The van der Waals surface area contributed by atoms with Crippen molar-refractivity contribution in [2.24, 2.45) is 11.3 Å². The minimum Gasteiger partial charge on any atom is -0.491 e. The van der Waals surface area contributed by atoms with Gasteiger partial charge in [-0.05, 0) is 37.9 Å². The van der Waals surface area contributed by atoms with E-state index in [1.807, 2.05) is 19.1 Å². The average Bonchev–Trinajstić information content (AvgIpc) is 2.36. The van der Waals surface area contributed by atoms with Gasteiger partial charge in [-0.15, -0.1) is 0 Å². The second kappa shape index (κ2) is 7.63. The molecule has 0 bridgehead atoms. The first-order chi connectivity index (χ1) is 9.34. The van der Waals surface area contributed by atoms with Crippen LogP contribution in [-0.2, 0) is 6.42 Å². The maximum absolute atomic E-state index is 6.00. The largest absolute Gasteiger partial charge is 0.491 e. The van der Waals surface area contributed by atoms with Crippen LogP contribution in [0.2, 0.25) is 0 Å². The Balaban J connectivity index is 2.53. The van der Waals surface area contributed by atoms with Crippen molar-refractivity contribution >= 4 is 0 Å². The molecular weight excluding hydrogens is 248 g/mol. The molecular formula is C17H30N2O. The molecule has 0 amide bonds. The van der Waals surface area contributed by atoms with Crippen LogP contribution in [0.5, 0.6) is 5.75 Å². The molecule has 1 heterocycles. The van der Waals surface area contributed by atoms with E-state index < -0.39 is 0 Å². The van der Waals surface area contributed by atoms with E-state index in [1.165, 1.54) is 0 Å². The van der Waals surface area contributed by atoms with Crippen molar-refractivity contribution in [2.75, 3.05) is 19.7 Å². The van der Waals surface area contributed by atoms with Crippen molar-refractivity contribution in [3.8, 4) is 5.75 Å². The summed E-state index contributed by atoms with van der Waals surface area (Å²) in [5, 5.41) is 3.50. The quantitative estimate of drug-likeness (QED) is 0.789. The van der Waals surface area contributed by atoms with Gasteiger partial charge in [0.25, 0.3) is 0 Å². The topological polar surface area (TPSA) is 34.1 Å². The van der Waals surface area contributed by atoms with Crippen LogP contribution in [0.15, 0.2) is 12.1 Å². The van der Waals surface area contributed by atoms with Crippen LogP contribution in [0.1, 0.15) is 46.0 Å². The Kier molecular flexibility index (Phi) is 6.47. The first-order valence-corrected chi connectivity index (χ1v) is 7.64. The summed E-state index contributed by atoms with van der Waals surface area (Å²) >= 11 is 0. The number of nitrogens with one attached hydrogen (secondary N) is 1. The van der Waals surface area contributed by atoms with Gasteiger partial charge < -0.3 is 10.1 Å². The molecule has 3 nitrogen and oxygen atoms in total. The molecule has 1 N–H and O–H groups in total. The molecule has 1 aromatic heterocycles. The van der Waals surface area contributed by atoms with Crippen molar-refractivity contribution in [1.82, 2.24) is 10.3 Å². The normalized spacial score (nSPS) is 11.9. The Morgan fingerprint density at radius 2 is 2.00 bits per heavy atom. The van der Waals surface area contributed by atoms with Crippen molar-refractivity contribution in [1.29, 1.82) is 0 Å². The van der Waals surface area contributed by atoms with Crippen LogP contribution in [0.4, 0.5) is 0 Å². The molecule has 0 atom stereocenters.